The average Bonchev–Trinajstić information content (AvgIpc) is 2.59. The fourth-order valence-electron chi connectivity index (χ4n) is 2.62. The van der Waals surface area contributed by atoms with E-state index in [1.807, 2.05) is 12.3 Å². The van der Waals surface area contributed by atoms with Crippen molar-refractivity contribution >= 4 is 28.0 Å². The maximum Gasteiger partial charge on any atom is 0.324 e. The number of hydrogen-bond acceptors (Lipinski definition) is 3. The van der Waals surface area contributed by atoms with E-state index in [0.29, 0.717) is 31.3 Å². The van der Waals surface area contributed by atoms with Gasteiger partial charge >= 0.3 is 5.37 Å². The Kier molecular flexibility index (Phi) is 8.04. The second-order valence-corrected chi connectivity index (χ2v) is 8.23. The van der Waals surface area contributed by atoms with Gasteiger partial charge in [-0.1, -0.05) is 12.0 Å². The Morgan fingerprint density at radius 1 is 1.17 bits per heavy atom. The van der Waals surface area contributed by atoms with Gasteiger partial charge in [-0.05, 0) is 49.9 Å². The topological polar surface area (TPSA) is 18.5 Å². The molecule has 1 saturated heterocycles. The predicted octanol–water partition coefficient (Wildman–Crippen LogP) is 4.39. The Bertz CT molecular complexity index is 493. The largest absolute Gasteiger partial charge is 0.341 e. The molecule has 0 aromatic rings. The number of ether oxygens (including phenoxy) is 2. The first-order valence-electron chi connectivity index (χ1n) is 7.61. The third-order valence-corrected chi connectivity index (χ3v) is 6.30. The Hall–Kier alpha value is -0.420. The smallest absolute Gasteiger partial charge is 0.324 e. The van der Waals surface area contributed by atoms with Crippen molar-refractivity contribution in [2.45, 2.75) is 42.5 Å². The Morgan fingerprint density at radius 2 is 1.83 bits per heavy atom. The van der Waals surface area contributed by atoms with Gasteiger partial charge in [-0.15, -0.1) is 0 Å². The summed E-state index contributed by atoms with van der Waals surface area (Å²) < 4.78 is 48.8. The molecule has 0 amide bonds. The highest BCUT2D eigenvalue weighted by Crippen LogP contribution is 2.38. The Balaban J connectivity index is 1.72. The van der Waals surface area contributed by atoms with Gasteiger partial charge < -0.3 is 9.47 Å². The summed E-state index contributed by atoms with van der Waals surface area (Å²) in [5, 5.41) is -2.21. The Morgan fingerprint density at radius 3 is 2.39 bits per heavy atom. The molecule has 0 aromatic heterocycles. The summed E-state index contributed by atoms with van der Waals surface area (Å²) in [7, 11) is -2.34. The molecule has 0 bridgehead atoms. The highest BCUT2D eigenvalue weighted by Gasteiger charge is 2.24. The normalized spacial score (nSPS) is 33.0. The summed E-state index contributed by atoms with van der Waals surface area (Å²) in [5.74, 6) is 6.09. The number of thioether (sulfide) groups is 1. The fraction of sp³-hybridized carbons (Fsp3) is 0.688. The molecule has 2 fully saturated rings. The van der Waals surface area contributed by atoms with Crippen LogP contribution >= 0.6 is 22.6 Å². The lowest BCUT2D eigenvalue weighted by Gasteiger charge is -2.25. The SMILES string of the molecule is CSC1COC(C#C/C=C/C2CCC(S(F)=C(F)F)CC2)OC1. The van der Waals surface area contributed by atoms with Crippen LogP contribution < -0.4 is 0 Å². The van der Waals surface area contributed by atoms with E-state index in [4.69, 9.17) is 9.47 Å². The highest BCUT2D eigenvalue weighted by molar-refractivity contribution is 8.11. The molecule has 1 atom stereocenters. The van der Waals surface area contributed by atoms with Gasteiger partial charge in [0.1, 0.15) is 0 Å². The van der Waals surface area contributed by atoms with Crippen LogP contribution in [0.25, 0.3) is 0 Å². The van der Waals surface area contributed by atoms with Crippen molar-refractivity contribution in [1.29, 1.82) is 0 Å². The van der Waals surface area contributed by atoms with Crippen molar-refractivity contribution in [2.75, 3.05) is 19.5 Å². The van der Waals surface area contributed by atoms with Gasteiger partial charge in [0.05, 0.1) is 29.3 Å². The number of hydrogen-bond donors (Lipinski definition) is 0. The van der Waals surface area contributed by atoms with Crippen LogP contribution in [0.1, 0.15) is 25.7 Å². The van der Waals surface area contributed by atoms with Crippen molar-refractivity contribution < 1.29 is 22.1 Å². The second kappa shape index (κ2) is 9.77. The first-order valence-corrected chi connectivity index (χ1v) is 10.1. The minimum atomic E-state index is -2.34. The monoisotopic (exact) mass is 366 g/mol. The standard InChI is InChI=1S/C16H21F3O2S2/c1-22-13-10-20-15(21-11-13)5-3-2-4-12-6-8-14(9-7-12)23(19)16(17)18/h2,4,12-15H,6-11H2,1H3/b4-2+. The van der Waals surface area contributed by atoms with Gasteiger partial charge in [-0.2, -0.15) is 24.4 Å². The predicted molar refractivity (Wildman–Crippen MR) is 91.6 cm³/mol. The van der Waals surface area contributed by atoms with Crippen LogP contribution in [0.15, 0.2) is 12.2 Å². The van der Waals surface area contributed by atoms with Crippen molar-refractivity contribution in [1.82, 2.24) is 0 Å². The maximum atomic E-state index is 13.3. The molecule has 1 aliphatic heterocycles. The average molecular weight is 366 g/mol. The second-order valence-electron chi connectivity index (χ2n) is 5.55. The lowest BCUT2D eigenvalue weighted by atomic mass is 9.89. The van der Waals surface area contributed by atoms with E-state index < -0.39 is 27.8 Å². The third kappa shape index (κ3) is 6.18. The van der Waals surface area contributed by atoms with Crippen LogP contribution in [-0.2, 0) is 9.47 Å². The molecule has 0 spiro atoms. The van der Waals surface area contributed by atoms with Gasteiger partial charge in [0.25, 0.3) is 0 Å². The molecule has 2 aliphatic rings. The number of rotatable bonds is 3. The molecule has 7 heteroatoms. The van der Waals surface area contributed by atoms with Crippen molar-refractivity contribution in [3.05, 3.63) is 12.2 Å². The van der Waals surface area contributed by atoms with Gasteiger partial charge in [0, 0.05) is 5.25 Å². The van der Waals surface area contributed by atoms with Crippen LogP contribution in [0.2, 0.25) is 0 Å². The van der Waals surface area contributed by atoms with E-state index in [0.717, 1.165) is 12.8 Å². The van der Waals surface area contributed by atoms with Crippen LogP contribution in [-0.4, -0.2) is 41.6 Å². The molecule has 23 heavy (non-hydrogen) atoms. The van der Waals surface area contributed by atoms with Crippen molar-refractivity contribution in [3.8, 4) is 11.8 Å². The van der Waals surface area contributed by atoms with E-state index >= 15 is 0 Å². The summed E-state index contributed by atoms with van der Waals surface area (Å²) in [5.41, 5.74) is 0. The minimum Gasteiger partial charge on any atom is -0.341 e. The fourth-order valence-corrected chi connectivity index (χ4v) is 3.99. The van der Waals surface area contributed by atoms with E-state index in [9.17, 15) is 12.7 Å². The first kappa shape index (κ1) is 18.9. The molecule has 1 aliphatic carbocycles. The Labute approximate surface area is 142 Å². The minimum absolute atomic E-state index is 0.286. The molecule has 1 saturated carbocycles. The summed E-state index contributed by atoms with van der Waals surface area (Å²) >= 11 is 1.71. The molecule has 1 heterocycles. The molecular formula is C16H21F3O2S2. The van der Waals surface area contributed by atoms with E-state index in [1.165, 1.54) is 0 Å². The number of halogens is 3. The van der Waals surface area contributed by atoms with E-state index in [1.54, 1.807) is 17.8 Å². The maximum absolute atomic E-state index is 13.3. The van der Waals surface area contributed by atoms with E-state index in [2.05, 4.69) is 11.8 Å². The van der Waals surface area contributed by atoms with Crippen LogP contribution in [0.3, 0.4) is 0 Å². The summed E-state index contributed by atoms with van der Waals surface area (Å²) in [6.45, 7) is 1.28. The van der Waals surface area contributed by atoms with E-state index in [-0.39, 0.29) is 5.92 Å². The summed E-state index contributed by atoms with van der Waals surface area (Å²) in [6, 6.07) is 0. The lowest BCUT2D eigenvalue weighted by Crippen LogP contribution is -2.32. The zero-order chi connectivity index (χ0) is 16.7. The zero-order valence-corrected chi connectivity index (χ0v) is 14.6. The van der Waals surface area contributed by atoms with Gasteiger partial charge in [-0.3, -0.25) is 0 Å². The first-order chi connectivity index (χ1) is 11.1. The van der Waals surface area contributed by atoms with Crippen molar-refractivity contribution in [2.24, 2.45) is 5.92 Å². The molecule has 2 nitrogen and oxygen atoms in total. The van der Waals surface area contributed by atoms with Crippen molar-refractivity contribution in [3.63, 3.8) is 0 Å². The van der Waals surface area contributed by atoms with Gasteiger partial charge in [0.15, 0.2) is 0 Å². The van der Waals surface area contributed by atoms with Crippen LogP contribution in [0.4, 0.5) is 12.7 Å². The third-order valence-electron chi connectivity index (χ3n) is 4.01. The van der Waals surface area contributed by atoms with Gasteiger partial charge in [-0.25, -0.2) is 0 Å². The number of allylic oxidation sites excluding steroid dienone is 2. The summed E-state index contributed by atoms with van der Waals surface area (Å²) in [6.07, 6.45) is 7.75. The van der Waals surface area contributed by atoms with Gasteiger partial charge in [0.2, 0.25) is 6.29 Å². The molecular weight excluding hydrogens is 345 g/mol. The zero-order valence-electron chi connectivity index (χ0n) is 13.0. The summed E-state index contributed by atoms with van der Waals surface area (Å²) in [4.78, 5) is 0. The molecule has 0 aromatic carbocycles. The molecule has 130 valence electrons. The van der Waals surface area contributed by atoms with Crippen LogP contribution in [0, 0.1) is 17.8 Å². The highest BCUT2D eigenvalue weighted by atomic mass is 32.2. The molecule has 1 unspecified atom stereocenters. The molecule has 0 radical (unpaired) electrons. The van der Waals surface area contributed by atoms with Crippen LogP contribution in [0.5, 0.6) is 0 Å². The lowest BCUT2D eigenvalue weighted by molar-refractivity contribution is -0.140. The molecule has 2 rings (SSSR count). The molecule has 0 N–H and O–H groups in total. The quantitative estimate of drug-likeness (QED) is 0.419.